The summed E-state index contributed by atoms with van der Waals surface area (Å²) in [6, 6.07) is 0. The molecule has 0 bridgehead atoms. The van der Waals surface area contributed by atoms with Gasteiger partial charge in [0.1, 0.15) is 0 Å². The molecule has 82 valence electrons. The average molecular weight is 214 g/mol. The Balaban J connectivity index is 2.54. The molecule has 0 saturated heterocycles. The van der Waals surface area contributed by atoms with Crippen molar-refractivity contribution in [2.75, 3.05) is 6.61 Å². The fraction of sp³-hybridized carbons (Fsp3) is 0.375. The molecule has 7 nitrogen and oxygen atoms in total. The van der Waals surface area contributed by atoms with Crippen LogP contribution < -0.4 is 5.48 Å². The largest absolute Gasteiger partial charge is 0.479 e. The van der Waals surface area contributed by atoms with Gasteiger partial charge in [0.15, 0.2) is 12.5 Å². The minimum Gasteiger partial charge on any atom is -0.479 e. The fourth-order valence-electron chi connectivity index (χ4n) is 0.952. The van der Waals surface area contributed by atoms with Gasteiger partial charge in [-0.15, -0.1) is 0 Å². The van der Waals surface area contributed by atoms with Crippen molar-refractivity contribution >= 4 is 11.9 Å². The number of aliphatic carboxylic acids is 1. The summed E-state index contributed by atoms with van der Waals surface area (Å²) in [5, 5.41) is 8.24. The number of aryl methyl sites for hydroxylation is 2. The minimum absolute atomic E-state index is 0.0119. The highest BCUT2D eigenvalue weighted by molar-refractivity contribution is 5.91. The molecule has 1 amide bonds. The number of carboxylic acid groups (broad SMARTS) is 1. The molecular weight excluding hydrogens is 204 g/mol. The molecule has 1 heterocycles. The molecule has 0 aliphatic rings. The summed E-state index contributed by atoms with van der Waals surface area (Å²) in [5.74, 6) is -1.47. The van der Waals surface area contributed by atoms with Gasteiger partial charge in [0, 0.05) is 6.92 Å². The van der Waals surface area contributed by atoms with Crippen LogP contribution >= 0.6 is 0 Å². The number of hydrogen-bond acceptors (Lipinski definition) is 5. The quantitative estimate of drug-likeness (QED) is 0.686. The number of rotatable bonds is 4. The Morgan fingerprint density at radius 3 is 2.67 bits per heavy atom. The van der Waals surface area contributed by atoms with Crippen LogP contribution in [0, 0.1) is 13.8 Å². The molecule has 1 aromatic heterocycles. The van der Waals surface area contributed by atoms with E-state index in [9.17, 15) is 9.59 Å². The van der Waals surface area contributed by atoms with Gasteiger partial charge in [0.05, 0.1) is 5.69 Å². The number of carbonyl (C=O) groups excluding carboxylic acids is 1. The van der Waals surface area contributed by atoms with Crippen molar-refractivity contribution in [3.8, 4) is 0 Å². The summed E-state index contributed by atoms with van der Waals surface area (Å²) >= 11 is 0. The Hall–Kier alpha value is -1.89. The minimum atomic E-state index is -1.18. The lowest BCUT2D eigenvalue weighted by atomic mass is 10.4. The Kier molecular flexibility index (Phi) is 3.40. The molecule has 0 saturated carbocycles. The summed E-state index contributed by atoms with van der Waals surface area (Å²) in [6.45, 7) is 2.59. The standard InChI is InChI=1S/C8H10N2O5/c1-4-7(15-5(2)9-4)8(13)10-14-3-6(11)12/h3H2,1-2H3,(H,10,13)(H,11,12). The number of nitrogens with zero attached hydrogens (tertiary/aromatic N) is 1. The maximum Gasteiger partial charge on any atom is 0.332 e. The van der Waals surface area contributed by atoms with E-state index in [0.717, 1.165) is 0 Å². The van der Waals surface area contributed by atoms with Gasteiger partial charge in [0.2, 0.25) is 5.76 Å². The first-order chi connectivity index (χ1) is 7.00. The third-order valence-electron chi connectivity index (χ3n) is 1.47. The summed E-state index contributed by atoms with van der Waals surface area (Å²) < 4.78 is 4.98. The molecule has 2 N–H and O–H groups in total. The number of hydrogen-bond donors (Lipinski definition) is 2. The van der Waals surface area contributed by atoms with Crippen LogP contribution in [-0.2, 0) is 9.63 Å². The van der Waals surface area contributed by atoms with E-state index in [1.807, 2.05) is 5.48 Å². The molecule has 1 aromatic rings. The summed E-state index contributed by atoms with van der Waals surface area (Å²) in [7, 11) is 0. The van der Waals surface area contributed by atoms with E-state index in [2.05, 4.69) is 9.82 Å². The second-order valence-electron chi connectivity index (χ2n) is 2.76. The zero-order chi connectivity index (χ0) is 11.4. The summed E-state index contributed by atoms with van der Waals surface area (Å²) in [6.07, 6.45) is 0. The number of oxazole rings is 1. The first-order valence-electron chi connectivity index (χ1n) is 4.08. The number of amides is 1. The molecule has 0 aromatic carbocycles. The zero-order valence-electron chi connectivity index (χ0n) is 8.23. The second kappa shape index (κ2) is 4.56. The van der Waals surface area contributed by atoms with Crippen LogP contribution in [0.3, 0.4) is 0 Å². The number of carboxylic acids is 1. The lowest BCUT2D eigenvalue weighted by Crippen LogP contribution is -2.26. The van der Waals surface area contributed by atoms with E-state index in [0.29, 0.717) is 11.6 Å². The van der Waals surface area contributed by atoms with Gasteiger partial charge in [-0.3, -0.25) is 9.63 Å². The maximum absolute atomic E-state index is 11.3. The summed E-state index contributed by atoms with van der Waals surface area (Å²) in [5.41, 5.74) is 2.35. The first-order valence-corrected chi connectivity index (χ1v) is 4.08. The van der Waals surface area contributed by atoms with Crippen LogP contribution in [-0.4, -0.2) is 28.6 Å². The van der Waals surface area contributed by atoms with Crippen LogP contribution in [0.4, 0.5) is 0 Å². The van der Waals surface area contributed by atoms with Crippen LogP contribution in [0.5, 0.6) is 0 Å². The molecule has 1 rings (SSSR count). The maximum atomic E-state index is 11.3. The van der Waals surface area contributed by atoms with E-state index in [-0.39, 0.29) is 5.76 Å². The average Bonchev–Trinajstić information content (AvgIpc) is 2.44. The highest BCUT2D eigenvalue weighted by Crippen LogP contribution is 2.08. The molecule has 0 atom stereocenters. The van der Waals surface area contributed by atoms with Crippen LogP contribution in [0.15, 0.2) is 4.42 Å². The van der Waals surface area contributed by atoms with Crippen LogP contribution in [0.25, 0.3) is 0 Å². The molecule has 7 heteroatoms. The Morgan fingerprint density at radius 2 is 2.20 bits per heavy atom. The van der Waals surface area contributed by atoms with E-state index in [4.69, 9.17) is 9.52 Å². The molecule has 0 spiro atoms. The van der Waals surface area contributed by atoms with Crippen LogP contribution in [0.1, 0.15) is 22.1 Å². The van der Waals surface area contributed by atoms with Gasteiger partial charge in [-0.1, -0.05) is 0 Å². The predicted molar refractivity (Wildman–Crippen MR) is 47.0 cm³/mol. The lowest BCUT2D eigenvalue weighted by Gasteiger charge is -2.00. The van der Waals surface area contributed by atoms with Crippen molar-refractivity contribution < 1.29 is 24.0 Å². The highest BCUT2D eigenvalue weighted by atomic mass is 16.7. The molecule has 15 heavy (non-hydrogen) atoms. The van der Waals surface area contributed by atoms with Crippen molar-refractivity contribution in [2.45, 2.75) is 13.8 Å². The van der Waals surface area contributed by atoms with Crippen molar-refractivity contribution in [3.05, 3.63) is 17.3 Å². The molecule has 0 fully saturated rings. The van der Waals surface area contributed by atoms with Gasteiger partial charge >= 0.3 is 11.9 Å². The Bertz CT molecular complexity index is 384. The van der Waals surface area contributed by atoms with Crippen molar-refractivity contribution in [1.29, 1.82) is 0 Å². The molecule has 0 aliphatic carbocycles. The number of carbonyl (C=O) groups is 2. The normalized spacial score (nSPS) is 10.0. The smallest absolute Gasteiger partial charge is 0.332 e. The molecule has 0 unspecified atom stereocenters. The third kappa shape index (κ3) is 3.06. The van der Waals surface area contributed by atoms with E-state index >= 15 is 0 Å². The number of nitrogens with one attached hydrogen (secondary N) is 1. The highest BCUT2D eigenvalue weighted by Gasteiger charge is 2.15. The van der Waals surface area contributed by atoms with Gasteiger partial charge in [0.25, 0.3) is 0 Å². The Labute approximate surface area is 85.0 Å². The van der Waals surface area contributed by atoms with Gasteiger partial charge in [-0.2, -0.15) is 0 Å². The third-order valence-corrected chi connectivity index (χ3v) is 1.47. The van der Waals surface area contributed by atoms with Crippen molar-refractivity contribution in [3.63, 3.8) is 0 Å². The summed E-state index contributed by atoms with van der Waals surface area (Å²) in [4.78, 5) is 29.6. The Morgan fingerprint density at radius 1 is 1.53 bits per heavy atom. The van der Waals surface area contributed by atoms with Crippen LogP contribution in [0.2, 0.25) is 0 Å². The van der Waals surface area contributed by atoms with Gasteiger partial charge < -0.3 is 9.52 Å². The van der Waals surface area contributed by atoms with Gasteiger partial charge in [-0.25, -0.2) is 15.3 Å². The number of aromatic nitrogens is 1. The van der Waals surface area contributed by atoms with E-state index in [1.165, 1.54) is 0 Å². The van der Waals surface area contributed by atoms with E-state index < -0.39 is 18.5 Å². The van der Waals surface area contributed by atoms with E-state index in [1.54, 1.807) is 13.8 Å². The first kappa shape index (κ1) is 11.2. The second-order valence-corrected chi connectivity index (χ2v) is 2.76. The van der Waals surface area contributed by atoms with Crippen molar-refractivity contribution in [2.24, 2.45) is 0 Å². The molecule has 0 aliphatic heterocycles. The number of hydroxylamine groups is 1. The predicted octanol–water partition coefficient (Wildman–Crippen LogP) is 0.0374. The molecule has 0 radical (unpaired) electrons. The topological polar surface area (TPSA) is 102 Å². The monoisotopic (exact) mass is 214 g/mol. The molecular formula is C8H10N2O5. The fourth-order valence-corrected chi connectivity index (χ4v) is 0.952. The SMILES string of the molecule is Cc1nc(C)c(C(=O)NOCC(=O)O)o1. The van der Waals surface area contributed by atoms with Gasteiger partial charge in [-0.05, 0) is 6.92 Å². The zero-order valence-corrected chi connectivity index (χ0v) is 8.23. The lowest BCUT2D eigenvalue weighted by molar-refractivity contribution is -0.144. The van der Waals surface area contributed by atoms with Crippen molar-refractivity contribution in [1.82, 2.24) is 10.5 Å².